The average molecular weight is 318 g/mol. The highest BCUT2D eigenvalue weighted by molar-refractivity contribution is 6.32. The van der Waals surface area contributed by atoms with Gasteiger partial charge in [0.2, 0.25) is 0 Å². The molecule has 1 unspecified atom stereocenters. The van der Waals surface area contributed by atoms with Crippen molar-refractivity contribution in [3.8, 4) is 0 Å². The Labute approximate surface area is 128 Å². The molecule has 1 atom stereocenters. The van der Waals surface area contributed by atoms with Crippen molar-refractivity contribution < 1.29 is 14.6 Å². The molecular formula is C14H17Cl2NO3. The number of esters is 1. The number of ether oxygens (including phenoxy) is 1. The van der Waals surface area contributed by atoms with Crippen molar-refractivity contribution in [2.75, 3.05) is 7.11 Å². The summed E-state index contributed by atoms with van der Waals surface area (Å²) in [4.78, 5) is 15.3. The molecule has 0 aromatic carbocycles. The van der Waals surface area contributed by atoms with Crippen LogP contribution in [0, 0.1) is 11.8 Å². The molecule has 1 aromatic heterocycles. The summed E-state index contributed by atoms with van der Waals surface area (Å²) in [5.41, 5.74) is 0.677. The number of pyridine rings is 1. The highest BCUT2D eigenvalue weighted by Gasteiger charge is 2.31. The minimum Gasteiger partial charge on any atom is -0.469 e. The first kappa shape index (κ1) is 15.5. The first-order valence-corrected chi connectivity index (χ1v) is 7.35. The van der Waals surface area contributed by atoms with Crippen LogP contribution in [0.4, 0.5) is 0 Å². The Morgan fingerprint density at radius 2 is 1.85 bits per heavy atom. The lowest BCUT2D eigenvalue weighted by molar-refractivity contribution is -0.147. The minimum absolute atomic E-state index is 0.0481. The zero-order chi connectivity index (χ0) is 14.7. The highest BCUT2D eigenvalue weighted by atomic mass is 35.5. The fourth-order valence-corrected chi connectivity index (χ4v) is 3.24. The van der Waals surface area contributed by atoms with Gasteiger partial charge in [-0.15, -0.1) is 0 Å². The van der Waals surface area contributed by atoms with Crippen LogP contribution in [0.1, 0.15) is 37.4 Å². The summed E-state index contributed by atoms with van der Waals surface area (Å²) in [7, 11) is 1.41. The van der Waals surface area contributed by atoms with Crippen LogP contribution in [0.5, 0.6) is 0 Å². The molecule has 110 valence electrons. The number of aromatic nitrogens is 1. The molecule has 1 aliphatic carbocycles. The van der Waals surface area contributed by atoms with E-state index in [1.54, 1.807) is 12.1 Å². The molecule has 0 bridgehead atoms. The number of halogens is 2. The summed E-state index contributed by atoms with van der Waals surface area (Å²) in [5, 5.41) is 11.0. The van der Waals surface area contributed by atoms with Gasteiger partial charge in [0.1, 0.15) is 10.3 Å². The Morgan fingerprint density at radius 1 is 1.30 bits per heavy atom. The van der Waals surface area contributed by atoms with Crippen LogP contribution in [0.3, 0.4) is 0 Å². The molecule has 0 aliphatic heterocycles. The maximum atomic E-state index is 11.5. The predicted octanol–water partition coefficient (Wildman–Crippen LogP) is 3.40. The number of nitrogens with zero attached hydrogens (tertiary/aromatic N) is 1. The lowest BCUT2D eigenvalue weighted by Gasteiger charge is -2.30. The van der Waals surface area contributed by atoms with E-state index >= 15 is 0 Å². The van der Waals surface area contributed by atoms with Crippen LogP contribution in [0.2, 0.25) is 10.3 Å². The SMILES string of the molecule is COC(=O)C1CCC(C(O)c2cc(Cl)nc(Cl)c2)CC1. The average Bonchev–Trinajstić information content (AvgIpc) is 2.45. The van der Waals surface area contributed by atoms with E-state index in [1.807, 2.05) is 0 Å². The van der Waals surface area contributed by atoms with E-state index in [0.29, 0.717) is 5.56 Å². The third kappa shape index (κ3) is 3.62. The lowest BCUT2D eigenvalue weighted by Crippen LogP contribution is -2.25. The fourth-order valence-electron chi connectivity index (χ4n) is 2.76. The summed E-state index contributed by atoms with van der Waals surface area (Å²) in [6.45, 7) is 0. The van der Waals surface area contributed by atoms with Gasteiger partial charge in [-0.05, 0) is 49.3 Å². The van der Waals surface area contributed by atoms with Crippen LogP contribution in [-0.2, 0) is 9.53 Å². The molecular weight excluding hydrogens is 301 g/mol. The summed E-state index contributed by atoms with van der Waals surface area (Å²) in [6.07, 6.45) is 2.39. The normalized spacial score (nSPS) is 24.2. The van der Waals surface area contributed by atoms with Gasteiger partial charge in [-0.3, -0.25) is 4.79 Å². The predicted molar refractivity (Wildman–Crippen MR) is 76.7 cm³/mol. The van der Waals surface area contributed by atoms with E-state index in [9.17, 15) is 9.90 Å². The maximum absolute atomic E-state index is 11.5. The van der Waals surface area contributed by atoms with Crippen molar-refractivity contribution in [3.63, 3.8) is 0 Å². The number of aliphatic hydroxyl groups excluding tert-OH is 1. The molecule has 1 fully saturated rings. The molecule has 1 aromatic rings. The molecule has 2 rings (SSSR count). The van der Waals surface area contributed by atoms with Crippen molar-refractivity contribution in [2.45, 2.75) is 31.8 Å². The molecule has 0 saturated heterocycles. The van der Waals surface area contributed by atoms with Gasteiger partial charge in [0, 0.05) is 0 Å². The van der Waals surface area contributed by atoms with Gasteiger partial charge < -0.3 is 9.84 Å². The van der Waals surface area contributed by atoms with Crippen molar-refractivity contribution in [1.82, 2.24) is 4.98 Å². The monoisotopic (exact) mass is 317 g/mol. The summed E-state index contributed by atoms with van der Waals surface area (Å²) in [5.74, 6) is -0.105. The first-order valence-electron chi connectivity index (χ1n) is 6.60. The Kier molecular flexibility index (Phi) is 5.24. The van der Waals surface area contributed by atoms with E-state index in [-0.39, 0.29) is 28.1 Å². The number of carbonyl (C=O) groups is 1. The Hall–Kier alpha value is -0.840. The fraction of sp³-hybridized carbons (Fsp3) is 0.571. The number of rotatable bonds is 3. The second-order valence-corrected chi connectivity index (χ2v) is 5.90. The van der Waals surface area contributed by atoms with Gasteiger partial charge in [0.05, 0.1) is 19.1 Å². The number of aliphatic hydroxyl groups is 1. The Bertz CT molecular complexity index is 467. The molecule has 1 heterocycles. The standard InChI is InChI=1S/C14H17Cl2NO3/c1-20-14(19)9-4-2-8(3-5-9)13(18)10-6-11(15)17-12(16)7-10/h6-9,13,18H,2-5H2,1H3. The Morgan fingerprint density at radius 3 is 2.35 bits per heavy atom. The van der Waals surface area contributed by atoms with Crippen LogP contribution in [-0.4, -0.2) is 23.2 Å². The van der Waals surface area contributed by atoms with Gasteiger partial charge in [-0.1, -0.05) is 23.2 Å². The summed E-state index contributed by atoms with van der Waals surface area (Å²) in [6, 6.07) is 3.26. The quantitative estimate of drug-likeness (QED) is 0.685. The maximum Gasteiger partial charge on any atom is 0.308 e. The highest BCUT2D eigenvalue weighted by Crippen LogP contribution is 2.38. The second-order valence-electron chi connectivity index (χ2n) is 5.13. The number of hydrogen-bond acceptors (Lipinski definition) is 4. The van der Waals surface area contributed by atoms with Crippen molar-refractivity contribution in [1.29, 1.82) is 0 Å². The van der Waals surface area contributed by atoms with Crippen molar-refractivity contribution >= 4 is 29.2 Å². The van der Waals surface area contributed by atoms with E-state index in [0.717, 1.165) is 25.7 Å². The van der Waals surface area contributed by atoms with Crippen LogP contribution >= 0.6 is 23.2 Å². The van der Waals surface area contributed by atoms with Crippen LogP contribution in [0.15, 0.2) is 12.1 Å². The largest absolute Gasteiger partial charge is 0.469 e. The molecule has 4 nitrogen and oxygen atoms in total. The Balaban J connectivity index is 2.01. The number of methoxy groups -OCH3 is 1. The zero-order valence-electron chi connectivity index (χ0n) is 11.2. The third-order valence-corrected chi connectivity index (χ3v) is 4.27. The van der Waals surface area contributed by atoms with Gasteiger partial charge in [0.25, 0.3) is 0 Å². The van der Waals surface area contributed by atoms with Crippen LogP contribution in [0.25, 0.3) is 0 Å². The first-order chi connectivity index (χ1) is 9.51. The summed E-state index contributed by atoms with van der Waals surface area (Å²) < 4.78 is 4.76. The molecule has 6 heteroatoms. The van der Waals surface area contributed by atoms with E-state index < -0.39 is 6.10 Å². The molecule has 1 aliphatic rings. The van der Waals surface area contributed by atoms with E-state index in [2.05, 4.69) is 4.98 Å². The van der Waals surface area contributed by atoms with E-state index in [1.165, 1.54) is 7.11 Å². The van der Waals surface area contributed by atoms with Crippen molar-refractivity contribution in [3.05, 3.63) is 28.0 Å². The molecule has 0 spiro atoms. The molecule has 1 N–H and O–H groups in total. The zero-order valence-corrected chi connectivity index (χ0v) is 12.7. The minimum atomic E-state index is -0.633. The molecule has 1 saturated carbocycles. The topological polar surface area (TPSA) is 59.4 Å². The molecule has 20 heavy (non-hydrogen) atoms. The van der Waals surface area contributed by atoms with Gasteiger partial charge in [0.15, 0.2) is 0 Å². The second kappa shape index (κ2) is 6.74. The van der Waals surface area contributed by atoms with Gasteiger partial charge >= 0.3 is 5.97 Å². The summed E-state index contributed by atoms with van der Waals surface area (Å²) >= 11 is 11.7. The van der Waals surface area contributed by atoms with Gasteiger partial charge in [-0.25, -0.2) is 4.98 Å². The molecule has 0 amide bonds. The number of hydrogen-bond donors (Lipinski definition) is 1. The lowest BCUT2D eigenvalue weighted by atomic mass is 9.78. The third-order valence-electron chi connectivity index (χ3n) is 3.88. The molecule has 0 radical (unpaired) electrons. The van der Waals surface area contributed by atoms with Crippen LogP contribution < -0.4 is 0 Å². The van der Waals surface area contributed by atoms with E-state index in [4.69, 9.17) is 27.9 Å². The van der Waals surface area contributed by atoms with Gasteiger partial charge in [-0.2, -0.15) is 0 Å². The van der Waals surface area contributed by atoms with Crippen molar-refractivity contribution in [2.24, 2.45) is 11.8 Å². The smallest absolute Gasteiger partial charge is 0.308 e. The number of carbonyl (C=O) groups excluding carboxylic acids is 1.